The van der Waals surface area contributed by atoms with Gasteiger partial charge in [0.1, 0.15) is 0 Å². The molecule has 0 unspecified atom stereocenters. The van der Waals surface area contributed by atoms with Crippen LogP contribution in [0.3, 0.4) is 0 Å². The molecule has 0 spiro atoms. The second kappa shape index (κ2) is 4.13. The first-order valence-corrected chi connectivity index (χ1v) is 4.54. The van der Waals surface area contributed by atoms with Gasteiger partial charge in [-0.15, -0.1) is 6.58 Å². The van der Waals surface area contributed by atoms with E-state index in [4.69, 9.17) is 5.11 Å². The lowest BCUT2D eigenvalue weighted by molar-refractivity contribution is 0.0696. The molecular formula is C11H13NO3. The predicted molar refractivity (Wildman–Crippen MR) is 56.3 cm³/mol. The fourth-order valence-corrected chi connectivity index (χ4v) is 1.52. The molecule has 4 nitrogen and oxygen atoms in total. The zero-order chi connectivity index (χ0) is 11.6. The molecule has 1 rings (SSSR count). The number of hydrogen-bond acceptors (Lipinski definition) is 2. The molecule has 0 atom stereocenters. The van der Waals surface area contributed by atoms with Crippen LogP contribution in [0.1, 0.15) is 33.5 Å². The maximum Gasteiger partial charge on any atom is 0.337 e. The molecule has 80 valence electrons. The van der Waals surface area contributed by atoms with Crippen molar-refractivity contribution in [2.24, 2.45) is 0 Å². The lowest BCUT2D eigenvalue weighted by Crippen LogP contribution is -2.07. The zero-order valence-corrected chi connectivity index (χ0v) is 8.78. The van der Waals surface area contributed by atoms with Gasteiger partial charge in [-0.05, 0) is 13.0 Å². The number of Topliss-reactive ketones (excluding diaryl/α,β-unsaturated/α-hetero) is 1. The van der Waals surface area contributed by atoms with Gasteiger partial charge in [-0.2, -0.15) is 0 Å². The van der Waals surface area contributed by atoms with Crippen LogP contribution in [0.4, 0.5) is 0 Å². The summed E-state index contributed by atoms with van der Waals surface area (Å²) in [7, 11) is 0. The zero-order valence-electron chi connectivity index (χ0n) is 8.78. The number of carbonyl (C=O) groups is 2. The van der Waals surface area contributed by atoms with Crippen LogP contribution in [0.15, 0.2) is 18.7 Å². The molecule has 0 aromatic carbocycles. The lowest BCUT2D eigenvalue weighted by atomic mass is 10.2. The monoisotopic (exact) mass is 207 g/mol. The van der Waals surface area contributed by atoms with Crippen LogP contribution >= 0.6 is 0 Å². The molecule has 0 aliphatic carbocycles. The molecule has 0 amide bonds. The second-order valence-electron chi connectivity index (χ2n) is 3.29. The summed E-state index contributed by atoms with van der Waals surface area (Å²) in [6.45, 7) is 7.11. The van der Waals surface area contributed by atoms with Crippen LogP contribution < -0.4 is 0 Å². The highest BCUT2D eigenvalue weighted by atomic mass is 16.4. The fourth-order valence-electron chi connectivity index (χ4n) is 1.52. The summed E-state index contributed by atoms with van der Waals surface area (Å²) >= 11 is 0. The van der Waals surface area contributed by atoms with E-state index in [1.165, 1.54) is 13.0 Å². The van der Waals surface area contributed by atoms with Crippen molar-refractivity contribution < 1.29 is 14.7 Å². The van der Waals surface area contributed by atoms with E-state index in [0.29, 0.717) is 17.9 Å². The van der Waals surface area contributed by atoms with Crippen LogP contribution in [-0.4, -0.2) is 21.4 Å². The summed E-state index contributed by atoms with van der Waals surface area (Å²) in [5, 5.41) is 8.90. The topological polar surface area (TPSA) is 59.3 Å². The molecule has 1 aromatic rings. The van der Waals surface area contributed by atoms with E-state index in [2.05, 4.69) is 6.58 Å². The summed E-state index contributed by atoms with van der Waals surface area (Å²) in [4.78, 5) is 22.1. The molecule has 0 saturated heterocycles. The highest BCUT2D eigenvalue weighted by molar-refractivity contribution is 5.97. The van der Waals surface area contributed by atoms with Crippen molar-refractivity contribution in [1.29, 1.82) is 0 Å². The van der Waals surface area contributed by atoms with E-state index in [1.807, 2.05) is 0 Å². The summed E-state index contributed by atoms with van der Waals surface area (Å²) in [5.41, 5.74) is 1.15. The number of ketones is 1. The van der Waals surface area contributed by atoms with Crippen molar-refractivity contribution in [1.82, 2.24) is 4.57 Å². The van der Waals surface area contributed by atoms with Crippen molar-refractivity contribution >= 4 is 11.8 Å². The first-order valence-electron chi connectivity index (χ1n) is 4.54. The van der Waals surface area contributed by atoms with Gasteiger partial charge in [-0.1, -0.05) is 6.08 Å². The quantitative estimate of drug-likeness (QED) is 0.605. The molecule has 0 aliphatic heterocycles. The predicted octanol–water partition coefficient (Wildman–Crippen LogP) is 1.88. The number of aromatic carboxylic acids is 1. The highest BCUT2D eigenvalue weighted by Crippen LogP contribution is 2.16. The maximum atomic E-state index is 11.3. The van der Waals surface area contributed by atoms with E-state index in [-0.39, 0.29) is 11.3 Å². The third-order valence-electron chi connectivity index (χ3n) is 2.27. The van der Waals surface area contributed by atoms with Crippen LogP contribution in [-0.2, 0) is 6.54 Å². The van der Waals surface area contributed by atoms with E-state index in [1.54, 1.807) is 17.6 Å². The van der Waals surface area contributed by atoms with E-state index >= 15 is 0 Å². The number of nitrogens with zero attached hydrogens (tertiary/aromatic N) is 1. The molecule has 0 aliphatic rings. The Kier molecular flexibility index (Phi) is 3.09. The molecule has 0 saturated carbocycles. The molecule has 15 heavy (non-hydrogen) atoms. The van der Waals surface area contributed by atoms with E-state index < -0.39 is 5.97 Å². The number of carboxylic acid groups (broad SMARTS) is 1. The van der Waals surface area contributed by atoms with Crippen molar-refractivity contribution in [2.45, 2.75) is 20.4 Å². The second-order valence-corrected chi connectivity index (χ2v) is 3.29. The van der Waals surface area contributed by atoms with Gasteiger partial charge in [0, 0.05) is 19.2 Å². The smallest absolute Gasteiger partial charge is 0.337 e. The minimum absolute atomic E-state index is 0.146. The van der Waals surface area contributed by atoms with E-state index in [0.717, 1.165) is 0 Å². The maximum absolute atomic E-state index is 11.3. The number of allylic oxidation sites excluding steroid dienone is 1. The lowest BCUT2D eigenvalue weighted by Gasteiger charge is -2.06. The third kappa shape index (κ3) is 1.98. The molecule has 0 bridgehead atoms. The van der Waals surface area contributed by atoms with Crippen molar-refractivity contribution in [3.63, 3.8) is 0 Å². The average Bonchev–Trinajstić information content (AvgIpc) is 2.45. The highest BCUT2D eigenvalue weighted by Gasteiger charge is 2.17. The molecule has 1 N–H and O–H groups in total. The Bertz CT molecular complexity index is 429. The molecule has 1 aromatic heterocycles. The Morgan fingerprint density at radius 3 is 2.60 bits per heavy atom. The van der Waals surface area contributed by atoms with E-state index in [9.17, 15) is 9.59 Å². The summed E-state index contributed by atoms with van der Waals surface area (Å²) in [6.07, 6.45) is 1.63. The Morgan fingerprint density at radius 1 is 1.60 bits per heavy atom. The van der Waals surface area contributed by atoms with Crippen molar-refractivity contribution in [3.05, 3.63) is 35.7 Å². The van der Waals surface area contributed by atoms with Crippen LogP contribution in [0.2, 0.25) is 0 Å². The number of carboxylic acids is 1. The van der Waals surface area contributed by atoms with Crippen molar-refractivity contribution in [3.8, 4) is 0 Å². The summed E-state index contributed by atoms with van der Waals surface area (Å²) < 4.78 is 1.65. The van der Waals surface area contributed by atoms with Gasteiger partial charge in [-0.3, -0.25) is 4.79 Å². The Hall–Kier alpha value is -1.84. The molecule has 0 radical (unpaired) electrons. The van der Waals surface area contributed by atoms with Gasteiger partial charge in [-0.25, -0.2) is 4.79 Å². The van der Waals surface area contributed by atoms with Crippen molar-refractivity contribution in [2.75, 3.05) is 0 Å². The van der Waals surface area contributed by atoms with Crippen LogP contribution in [0.25, 0.3) is 0 Å². The molecule has 0 fully saturated rings. The van der Waals surface area contributed by atoms with Gasteiger partial charge >= 0.3 is 5.97 Å². The first-order chi connectivity index (χ1) is 6.99. The first kappa shape index (κ1) is 11.2. The normalized spacial score (nSPS) is 10.0. The Morgan fingerprint density at radius 2 is 2.20 bits per heavy atom. The fraction of sp³-hybridized carbons (Fsp3) is 0.273. The summed E-state index contributed by atoms with van der Waals surface area (Å²) in [5.74, 6) is -1.16. The molecule has 1 heterocycles. The van der Waals surface area contributed by atoms with Gasteiger partial charge in [0.05, 0.1) is 11.3 Å². The van der Waals surface area contributed by atoms with Gasteiger partial charge < -0.3 is 9.67 Å². The number of rotatable bonds is 4. The van der Waals surface area contributed by atoms with Crippen LogP contribution in [0.5, 0.6) is 0 Å². The molecular weight excluding hydrogens is 194 g/mol. The SMILES string of the molecule is C=CCn1c(C(C)=O)cc(C(=O)O)c1C. The number of aromatic nitrogens is 1. The number of hydrogen-bond donors (Lipinski definition) is 1. The third-order valence-corrected chi connectivity index (χ3v) is 2.27. The molecule has 4 heteroatoms. The van der Waals surface area contributed by atoms with Crippen LogP contribution in [0, 0.1) is 6.92 Å². The van der Waals surface area contributed by atoms with Gasteiger partial charge in [0.25, 0.3) is 0 Å². The Labute approximate surface area is 87.8 Å². The van der Waals surface area contributed by atoms with Gasteiger partial charge in [0.2, 0.25) is 0 Å². The minimum atomic E-state index is -1.02. The average molecular weight is 207 g/mol. The summed E-state index contributed by atoms with van der Waals surface area (Å²) in [6, 6.07) is 1.41. The largest absolute Gasteiger partial charge is 0.478 e. The standard InChI is InChI=1S/C11H13NO3/c1-4-5-12-7(2)9(11(14)15)6-10(12)8(3)13/h4,6H,1,5H2,2-3H3,(H,14,15). The number of carbonyl (C=O) groups excluding carboxylic acids is 1. The minimum Gasteiger partial charge on any atom is -0.478 e. The Balaban J connectivity index is 3.38. The van der Waals surface area contributed by atoms with Gasteiger partial charge in [0.15, 0.2) is 5.78 Å².